The Balaban J connectivity index is 1.76. The smallest absolute Gasteiger partial charge is 0.239 e. The Morgan fingerprint density at radius 3 is 2.92 bits per heavy atom. The van der Waals surface area contributed by atoms with Gasteiger partial charge in [-0.2, -0.15) is 0 Å². The van der Waals surface area contributed by atoms with Gasteiger partial charge in [0.2, 0.25) is 5.91 Å². The monoisotopic (exact) mass is 320 g/mol. The summed E-state index contributed by atoms with van der Waals surface area (Å²) in [6, 6.07) is 8.48. The second kappa shape index (κ2) is 3.67. The zero-order valence-corrected chi connectivity index (χ0v) is 13.6. The van der Waals surface area contributed by atoms with Gasteiger partial charge in [-0.25, -0.2) is 0 Å². The molecule has 2 saturated carbocycles. The van der Waals surface area contributed by atoms with Gasteiger partial charge >= 0.3 is 0 Å². The van der Waals surface area contributed by atoms with Crippen LogP contribution < -0.4 is 10.6 Å². The van der Waals surface area contributed by atoms with Gasteiger partial charge in [0, 0.05) is 35.0 Å². The van der Waals surface area contributed by atoms with Crippen LogP contribution in [0.5, 0.6) is 0 Å². The molecule has 1 amide bonds. The van der Waals surface area contributed by atoms with E-state index in [0.717, 1.165) is 18.7 Å². The molecule has 2 N–H and O–H groups in total. The molecule has 6 rings (SSSR count). The molecule has 2 aliphatic heterocycles. The molecule has 1 saturated heterocycles. The number of rotatable bonds is 0. The van der Waals surface area contributed by atoms with Crippen molar-refractivity contribution in [3.63, 3.8) is 0 Å². The number of hydrogen-bond acceptors (Lipinski definition) is 3. The Labute approximate surface area is 140 Å². The molecule has 5 aliphatic rings. The van der Waals surface area contributed by atoms with E-state index in [1.54, 1.807) is 0 Å². The minimum absolute atomic E-state index is 0.0693. The molecule has 2 heterocycles. The van der Waals surface area contributed by atoms with Crippen LogP contribution in [0.2, 0.25) is 0 Å². The van der Waals surface area contributed by atoms with E-state index in [0.29, 0.717) is 18.4 Å². The largest absolute Gasteiger partial charge is 0.325 e. The lowest BCUT2D eigenvalue weighted by atomic mass is 9.48. The predicted molar refractivity (Wildman–Crippen MR) is 89.4 cm³/mol. The molecule has 122 valence electrons. The Bertz CT molecular complexity index is 861. The molecule has 4 nitrogen and oxygen atoms in total. The van der Waals surface area contributed by atoms with Crippen LogP contribution in [0.1, 0.15) is 25.3 Å². The van der Waals surface area contributed by atoms with E-state index < -0.39 is 5.41 Å². The van der Waals surface area contributed by atoms with Gasteiger partial charge in [-0.1, -0.05) is 37.3 Å². The topological polar surface area (TPSA) is 58.2 Å². The number of allylic oxidation sites excluding steroid dienone is 1. The maximum atomic E-state index is 13.5. The van der Waals surface area contributed by atoms with Gasteiger partial charge in [0.15, 0.2) is 5.78 Å². The van der Waals surface area contributed by atoms with Crippen molar-refractivity contribution >= 4 is 17.4 Å². The highest BCUT2D eigenvalue weighted by Gasteiger charge is 2.85. The minimum Gasteiger partial charge on any atom is -0.325 e. The molecule has 2 bridgehead atoms. The first-order chi connectivity index (χ1) is 11.6. The first-order valence-corrected chi connectivity index (χ1v) is 8.94. The molecule has 0 aromatic heterocycles. The second-order valence-corrected chi connectivity index (χ2v) is 8.35. The van der Waals surface area contributed by atoms with Crippen molar-refractivity contribution in [1.29, 1.82) is 0 Å². The number of nitrogens with one attached hydrogen (secondary N) is 2. The van der Waals surface area contributed by atoms with Gasteiger partial charge in [-0.05, 0) is 30.4 Å². The molecule has 1 aromatic carbocycles. The number of carbonyl (C=O) groups excluding carboxylic acids is 2. The zero-order valence-electron chi connectivity index (χ0n) is 13.6. The van der Waals surface area contributed by atoms with E-state index in [9.17, 15) is 9.59 Å². The van der Waals surface area contributed by atoms with Gasteiger partial charge in [0.25, 0.3) is 0 Å². The number of Topliss-reactive ketones (excluding diaryl/α,β-unsaturated/α-hetero) is 1. The lowest BCUT2D eigenvalue weighted by Gasteiger charge is -2.53. The van der Waals surface area contributed by atoms with Crippen molar-refractivity contribution in [2.45, 2.75) is 31.2 Å². The highest BCUT2D eigenvalue weighted by Crippen LogP contribution is 2.78. The van der Waals surface area contributed by atoms with E-state index >= 15 is 0 Å². The summed E-state index contributed by atoms with van der Waals surface area (Å²) in [6.45, 7) is 2.77. The summed E-state index contributed by atoms with van der Waals surface area (Å²) in [5, 5.41) is 6.76. The van der Waals surface area contributed by atoms with E-state index in [2.05, 4.69) is 28.9 Å². The van der Waals surface area contributed by atoms with Gasteiger partial charge in [-0.15, -0.1) is 0 Å². The fourth-order valence-electron chi connectivity index (χ4n) is 7.24. The summed E-state index contributed by atoms with van der Waals surface area (Å²) in [5.41, 5.74) is 0.612. The average molecular weight is 320 g/mol. The van der Waals surface area contributed by atoms with E-state index in [1.807, 2.05) is 25.1 Å². The minimum atomic E-state index is -0.901. The third-order valence-corrected chi connectivity index (χ3v) is 7.97. The third kappa shape index (κ3) is 1.01. The third-order valence-electron chi connectivity index (χ3n) is 7.97. The van der Waals surface area contributed by atoms with Crippen LogP contribution >= 0.6 is 0 Å². The lowest BCUT2D eigenvalue weighted by molar-refractivity contribution is -0.146. The Morgan fingerprint density at radius 1 is 1.21 bits per heavy atom. The van der Waals surface area contributed by atoms with E-state index in [4.69, 9.17) is 0 Å². The number of anilines is 1. The summed E-state index contributed by atoms with van der Waals surface area (Å²) in [7, 11) is 0. The normalized spacial score (nSPS) is 49.6. The first-order valence-electron chi connectivity index (χ1n) is 8.94. The molecule has 1 aromatic rings. The summed E-state index contributed by atoms with van der Waals surface area (Å²) in [6.07, 6.45) is 6.19. The molecule has 0 unspecified atom stereocenters. The number of amides is 1. The van der Waals surface area contributed by atoms with E-state index in [1.165, 1.54) is 5.56 Å². The van der Waals surface area contributed by atoms with Crippen LogP contribution in [0.15, 0.2) is 36.4 Å². The Hall–Kier alpha value is -1.94. The van der Waals surface area contributed by atoms with Crippen molar-refractivity contribution in [3.05, 3.63) is 42.0 Å². The molecule has 3 spiro atoms. The van der Waals surface area contributed by atoms with Gasteiger partial charge in [0.1, 0.15) is 5.41 Å². The highest BCUT2D eigenvalue weighted by atomic mass is 16.2. The molecular formula is C20H20N2O2. The van der Waals surface area contributed by atoms with Crippen LogP contribution in [0.3, 0.4) is 0 Å². The van der Waals surface area contributed by atoms with Gasteiger partial charge in [-0.3, -0.25) is 9.59 Å². The van der Waals surface area contributed by atoms with Crippen LogP contribution in [0.4, 0.5) is 5.69 Å². The van der Waals surface area contributed by atoms with Crippen molar-refractivity contribution in [2.24, 2.45) is 22.7 Å². The van der Waals surface area contributed by atoms with Crippen LogP contribution in [-0.4, -0.2) is 24.3 Å². The maximum Gasteiger partial charge on any atom is 0.239 e. The molecule has 24 heavy (non-hydrogen) atoms. The standard InChI is InChI=1S/C20H20N2O2/c1-11-16(23)19-9-18(11)8-4-7-14-15(18)20(19,10-21-14)12-5-2-3-6-13(12)22-17(19)24/h2-6,8,11,14-15,21H,7,9-10H2,1H3,(H,22,24)/t11-,14-,15+,18+,19-,20-/m1/s1. The fraction of sp³-hybridized carbons (Fsp3) is 0.500. The first kappa shape index (κ1) is 13.4. The van der Waals surface area contributed by atoms with Crippen LogP contribution in [-0.2, 0) is 15.0 Å². The Kier molecular flexibility index (Phi) is 2.04. The van der Waals surface area contributed by atoms with Gasteiger partial charge in [0.05, 0.1) is 0 Å². The zero-order chi connectivity index (χ0) is 16.3. The Morgan fingerprint density at radius 2 is 2.04 bits per heavy atom. The maximum absolute atomic E-state index is 13.5. The quantitative estimate of drug-likeness (QED) is 0.568. The predicted octanol–water partition coefficient (Wildman–Crippen LogP) is 2.02. The van der Waals surface area contributed by atoms with E-state index in [-0.39, 0.29) is 28.4 Å². The molecule has 3 fully saturated rings. The number of ketones is 1. The summed E-state index contributed by atoms with van der Waals surface area (Å²) in [5.74, 6) is 0.334. The van der Waals surface area contributed by atoms with Crippen molar-refractivity contribution < 1.29 is 9.59 Å². The summed E-state index contributed by atoms with van der Waals surface area (Å²) in [4.78, 5) is 26.8. The average Bonchev–Trinajstić information content (AvgIpc) is 3.18. The number of benzene rings is 1. The number of para-hydroxylation sites is 1. The van der Waals surface area contributed by atoms with Crippen molar-refractivity contribution in [2.75, 3.05) is 11.9 Å². The van der Waals surface area contributed by atoms with Crippen LogP contribution in [0, 0.1) is 22.7 Å². The number of fused-ring (bicyclic) bond motifs is 1. The summed E-state index contributed by atoms with van der Waals surface area (Å²) < 4.78 is 0. The summed E-state index contributed by atoms with van der Waals surface area (Å²) >= 11 is 0. The highest BCUT2D eigenvalue weighted by molar-refractivity contribution is 6.18. The van der Waals surface area contributed by atoms with Crippen molar-refractivity contribution in [3.8, 4) is 0 Å². The number of hydrogen-bond donors (Lipinski definition) is 2. The molecule has 6 atom stereocenters. The molecule has 3 aliphatic carbocycles. The molecular weight excluding hydrogens is 300 g/mol. The lowest BCUT2D eigenvalue weighted by Crippen LogP contribution is -2.63. The van der Waals surface area contributed by atoms with Crippen molar-refractivity contribution in [1.82, 2.24) is 5.32 Å². The van der Waals surface area contributed by atoms with Crippen LogP contribution in [0.25, 0.3) is 0 Å². The van der Waals surface area contributed by atoms with Gasteiger partial charge < -0.3 is 10.6 Å². The molecule has 0 radical (unpaired) electrons. The number of carbonyl (C=O) groups is 2. The SMILES string of the molecule is C[C@@H]1C(=O)[C@@]23C[C@@]14C=CC[C@H]1NC[C@@]2(c2ccccc2NC3=O)[C@@H]14. The fourth-order valence-corrected chi connectivity index (χ4v) is 7.24. The second-order valence-electron chi connectivity index (χ2n) is 8.35. The molecule has 4 heteroatoms.